The quantitative estimate of drug-likeness (QED) is 0.340. The molecule has 0 fully saturated rings. The van der Waals surface area contributed by atoms with Gasteiger partial charge in [-0.3, -0.25) is 9.79 Å². The standard InChI is InChI=1S/C19H32N4O.HI/c1-14(10-11-19(3,4)5)22-18(20-6)21-13-16-8-7-9-17(12-16)23-15(2)24;/h7-9,12,14H,10-11,13H2,1-6H3,(H,23,24)(H2,20,21,22);1H. The van der Waals surface area contributed by atoms with Crippen molar-refractivity contribution in [1.29, 1.82) is 0 Å². The number of nitrogens with one attached hydrogen (secondary N) is 3. The van der Waals surface area contributed by atoms with E-state index in [4.69, 9.17) is 0 Å². The second kappa shape index (κ2) is 11.3. The first-order chi connectivity index (χ1) is 11.2. The monoisotopic (exact) mass is 460 g/mol. The number of hydrogen-bond donors (Lipinski definition) is 3. The molecule has 6 heteroatoms. The van der Waals surface area contributed by atoms with Crippen molar-refractivity contribution in [3.05, 3.63) is 29.8 Å². The topological polar surface area (TPSA) is 65.5 Å². The number of guanidine groups is 1. The Bertz CT molecular complexity index is 567. The van der Waals surface area contributed by atoms with E-state index in [9.17, 15) is 4.79 Å². The molecule has 0 aliphatic carbocycles. The van der Waals surface area contributed by atoms with Crippen molar-refractivity contribution in [2.45, 2.75) is 60.0 Å². The molecule has 1 amide bonds. The average Bonchev–Trinajstić information content (AvgIpc) is 2.48. The number of halogens is 1. The third-order valence-electron chi connectivity index (χ3n) is 3.64. The Balaban J connectivity index is 0.00000576. The predicted molar refractivity (Wildman–Crippen MR) is 118 cm³/mol. The number of rotatable bonds is 6. The number of anilines is 1. The van der Waals surface area contributed by atoms with E-state index < -0.39 is 0 Å². The van der Waals surface area contributed by atoms with Crippen LogP contribution in [0.5, 0.6) is 0 Å². The summed E-state index contributed by atoms with van der Waals surface area (Å²) in [5, 5.41) is 9.54. The summed E-state index contributed by atoms with van der Waals surface area (Å²) in [5.74, 6) is 0.728. The molecule has 25 heavy (non-hydrogen) atoms. The molecule has 0 spiro atoms. The summed E-state index contributed by atoms with van der Waals surface area (Å²) in [4.78, 5) is 15.4. The van der Waals surface area contributed by atoms with Crippen molar-refractivity contribution in [1.82, 2.24) is 10.6 Å². The molecule has 0 saturated carbocycles. The van der Waals surface area contributed by atoms with E-state index in [0.717, 1.165) is 30.1 Å². The van der Waals surface area contributed by atoms with Crippen LogP contribution in [0, 0.1) is 5.41 Å². The third-order valence-corrected chi connectivity index (χ3v) is 3.64. The Morgan fingerprint density at radius 1 is 1.28 bits per heavy atom. The predicted octanol–water partition coefficient (Wildman–Crippen LogP) is 4.14. The van der Waals surface area contributed by atoms with Crippen molar-refractivity contribution in [2.75, 3.05) is 12.4 Å². The van der Waals surface area contributed by atoms with Gasteiger partial charge in [0.15, 0.2) is 5.96 Å². The zero-order valence-corrected chi connectivity index (χ0v) is 18.6. The number of carbonyl (C=O) groups is 1. The Labute approximate surface area is 169 Å². The van der Waals surface area contributed by atoms with E-state index in [1.54, 1.807) is 7.05 Å². The summed E-state index contributed by atoms with van der Waals surface area (Å²) in [7, 11) is 1.78. The van der Waals surface area contributed by atoms with Crippen LogP contribution in [0.15, 0.2) is 29.3 Å². The van der Waals surface area contributed by atoms with Gasteiger partial charge in [0, 0.05) is 32.2 Å². The fourth-order valence-electron chi connectivity index (χ4n) is 2.30. The SMILES string of the molecule is CN=C(NCc1cccc(NC(C)=O)c1)NC(C)CCC(C)(C)C.I. The summed E-state index contributed by atoms with van der Waals surface area (Å²) in [6, 6.07) is 8.16. The summed E-state index contributed by atoms with van der Waals surface area (Å²) in [6.45, 7) is 11.1. The first-order valence-corrected chi connectivity index (χ1v) is 8.53. The molecule has 0 bridgehead atoms. The lowest BCUT2D eigenvalue weighted by Gasteiger charge is -2.23. The zero-order chi connectivity index (χ0) is 18.2. The molecular formula is C19H33IN4O. The molecule has 1 rings (SSSR count). The van der Waals surface area contributed by atoms with Crippen LogP contribution in [-0.2, 0) is 11.3 Å². The van der Waals surface area contributed by atoms with Gasteiger partial charge in [-0.1, -0.05) is 32.9 Å². The number of nitrogens with zero attached hydrogens (tertiary/aromatic N) is 1. The van der Waals surface area contributed by atoms with Crippen LogP contribution in [-0.4, -0.2) is 25.0 Å². The number of carbonyl (C=O) groups excluding carboxylic acids is 1. The Kier molecular flexibility index (Phi) is 10.7. The number of benzene rings is 1. The van der Waals surface area contributed by atoms with Crippen molar-refractivity contribution in [3.63, 3.8) is 0 Å². The maximum atomic E-state index is 11.1. The Hall–Kier alpha value is -1.31. The van der Waals surface area contributed by atoms with Gasteiger partial charge in [-0.25, -0.2) is 0 Å². The highest BCUT2D eigenvalue weighted by Crippen LogP contribution is 2.21. The first kappa shape index (κ1) is 23.7. The molecule has 0 radical (unpaired) electrons. The zero-order valence-electron chi connectivity index (χ0n) is 16.3. The van der Waals surface area contributed by atoms with E-state index in [2.05, 4.69) is 48.6 Å². The molecule has 1 aromatic carbocycles. The molecule has 0 heterocycles. The van der Waals surface area contributed by atoms with Gasteiger partial charge in [-0.2, -0.15) is 0 Å². The summed E-state index contributed by atoms with van der Waals surface area (Å²) in [5.41, 5.74) is 2.24. The maximum absolute atomic E-state index is 11.1. The molecule has 142 valence electrons. The molecule has 0 aromatic heterocycles. The smallest absolute Gasteiger partial charge is 0.221 e. The van der Waals surface area contributed by atoms with Gasteiger partial charge in [-0.15, -0.1) is 24.0 Å². The minimum absolute atomic E-state index is 0. The van der Waals surface area contributed by atoms with E-state index in [1.165, 1.54) is 6.92 Å². The molecular weight excluding hydrogens is 427 g/mol. The fourth-order valence-corrected chi connectivity index (χ4v) is 2.30. The van der Waals surface area contributed by atoms with Crippen LogP contribution in [0.1, 0.15) is 53.0 Å². The van der Waals surface area contributed by atoms with Gasteiger partial charge in [0.25, 0.3) is 0 Å². The van der Waals surface area contributed by atoms with Crippen LogP contribution in [0.2, 0.25) is 0 Å². The maximum Gasteiger partial charge on any atom is 0.221 e. The fraction of sp³-hybridized carbons (Fsp3) is 0.579. The Morgan fingerprint density at radius 3 is 2.52 bits per heavy atom. The van der Waals surface area contributed by atoms with Crippen LogP contribution in [0.4, 0.5) is 5.69 Å². The number of amides is 1. The highest BCUT2D eigenvalue weighted by Gasteiger charge is 2.13. The molecule has 5 nitrogen and oxygen atoms in total. The molecule has 0 saturated heterocycles. The molecule has 1 unspecified atom stereocenters. The van der Waals surface area contributed by atoms with Gasteiger partial charge < -0.3 is 16.0 Å². The molecule has 0 aliphatic heterocycles. The van der Waals surface area contributed by atoms with Crippen molar-refractivity contribution < 1.29 is 4.79 Å². The summed E-state index contributed by atoms with van der Waals surface area (Å²) in [6.07, 6.45) is 2.26. The summed E-state index contributed by atoms with van der Waals surface area (Å²) < 4.78 is 0. The Morgan fingerprint density at radius 2 is 1.96 bits per heavy atom. The van der Waals surface area contributed by atoms with Gasteiger partial charge in [0.1, 0.15) is 0 Å². The second-order valence-corrected chi connectivity index (χ2v) is 7.45. The molecule has 1 aromatic rings. The minimum Gasteiger partial charge on any atom is -0.354 e. The largest absolute Gasteiger partial charge is 0.354 e. The van der Waals surface area contributed by atoms with Crippen molar-refractivity contribution >= 4 is 41.5 Å². The van der Waals surface area contributed by atoms with Crippen LogP contribution in [0.3, 0.4) is 0 Å². The minimum atomic E-state index is -0.0646. The molecule has 0 aliphatic rings. The molecule has 3 N–H and O–H groups in total. The normalized spacial score (nSPS) is 12.8. The van der Waals surface area contributed by atoms with E-state index >= 15 is 0 Å². The van der Waals surface area contributed by atoms with Crippen LogP contribution >= 0.6 is 24.0 Å². The lowest BCUT2D eigenvalue weighted by Crippen LogP contribution is -2.42. The number of aliphatic imine (C=N–C) groups is 1. The summed E-state index contributed by atoms with van der Waals surface area (Å²) >= 11 is 0. The highest BCUT2D eigenvalue weighted by atomic mass is 127. The first-order valence-electron chi connectivity index (χ1n) is 8.53. The van der Waals surface area contributed by atoms with Gasteiger partial charge in [0.2, 0.25) is 5.91 Å². The highest BCUT2D eigenvalue weighted by molar-refractivity contribution is 14.0. The van der Waals surface area contributed by atoms with Gasteiger partial charge in [-0.05, 0) is 42.9 Å². The van der Waals surface area contributed by atoms with Crippen molar-refractivity contribution in [3.8, 4) is 0 Å². The van der Waals surface area contributed by atoms with Gasteiger partial charge >= 0.3 is 0 Å². The van der Waals surface area contributed by atoms with Gasteiger partial charge in [0.05, 0.1) is 0 Å². The van der Waals surface area contributed by atoms with E-state index in [1.807, 2.05) is 24.3 Å². The van der Waals surface area contributed by atoms with Crippen LogP contribution in [0.25, 0.3) is 0 Å². The lowest BCUT2D eigenvalue weighted by molar-refractivity contribution is -0.114. The molecule has 1 atom stereocenters. The van der Waals surface area contributed by atoms with E-state index in [-0.39, 0.29) is 29.9 Å². The average molecular weight is 460 g/mol. The second-order valence-electron chi connectivity index (χ2n) is 7.45. The lowest BCUT2D eigenvalue weighted by atomic mass is 9.89. The van der Waals surface area contributed by atoms with Crippen molar-refractivity contribution in [2.24, 2.45) is 10.4 Å². The number of hydrogen-bond acceptors (Lipinski definition) is 2. The van der Waals surface area contributed by atoms with E-state index in [0.29, 0.717) is 18.0 Å². The third kappa shape index (κ3) is 11.0. The van der Waals surface area contributed by atoms with Crippen LogP contribution < -0.4 is 16.0 Å².